The van der Waals surface area contributed by atoms with Gasteiger partial charge in [-0.15, -0.1) is 10.2 Å². The molecule has 5 aliphatic carbocycles. The molecule has 0 spiro atoms. The monoisotopic (exact) mass is 543 g/mol. The summed E-state index contributed by atoms with van der Waals surface area (Å²) >= 11 is 0. The lowest BCUT2D eigenvalue weighted by molar-refractivity contribution is -0.123. The minimum absolute atomic E-state index is 0.0189. The summed E-state index contributed by atoms with van der Waals surface area (Å²) in [7, 11) is 0. The van der Waals surface area contributed by atoms with Gasteiger partial charge in [0.05, 0.1) is 12.5 Å². The van der Waals surface area contributed by atoms with Crippen LogP contribution in [0.3, 0.4) is 0 Å². The Morgan fingerprint density at radius 1 is 0.975 bits per heavy atom. The Balaban J connectivity index is 1.08. The summed E-state index contributed by atoms with van der Waals surface area (Å²) < 4.78 is 17.7. The van der Waals surface area contributed by atoms with Crippen LogP contribution < -0.4 is 5.32 Å². The smallest absolute Gasteiger partial charge is 0.248 e. The minimum Gasteiger partial charge on any atom is -0.420 e. The van der Waals surface area contributed by atoms with Crippen LogP contribution in [0.2, 0.25) is 0 Å². The molecular formula is C31H37N5O4. The second kappa shape index (κ2) is 9.50. The molecule has 2 aromatic heterocycles. The zero-order valence-corrected chi connectivity index (χ0v) is 23.0. The average molecular weight is 544 g/mol. The highest BCUT2D eigenvalue weighted by molar-refractivity contribution is 5.94. The molecule has 2 bridgehead atoms. The first kappa shape index (κ1) is 24.7. The van der Waals surface area contributed by atoms with Gasteiger partial charge in [-0.1, -0.05) is 11.2 Å². The molecule has 1 aliphatic heterocycles. The van der Waals surface area contributed by atoms with Gasteiger partial charge in [-0.25, -0.2) is 0 Å². The number of amides is 1. The molecule has 0 radical (unpaired) electrons. The first-order valence-electron chi connectivity index (χ1n) is 15.3. The second-order valence-electron chi connectivity index (χ2n) is 13.1. The van der Waals surface area contributed by atoms with E-state index in [4.69, 9.17) is 18.7 Å². The van der Waals surface area contributed by atoms with Crippen molar-refractivity contribution in [1.29, 1.82) is 0 Å². The first-order chi connectivity index (χ1) is 19.6. The van der Waals surface area contributed by atoms with Crippen LogP contribution in [0, 0.1) is 11.3 Å². The molecule has 1 amide bonds. The highest BCUT2D eigenvalue weighted by Gasteiger charge is 2.52. The quantitative estimate of drug-likeness (QED) is 0.364. The highest BCUT2D eigenvalue weighted by atomic mass is 16.5. The molecular weight excluding hydrogens is 506 g/mol. The number of anilines is 1. The largest absolute Gasteiger partial charge is 0.420 e. The summed E-state index contributed by atoms with van der Waals surface area (Å²) in [5, 5.41) is 16.5. The Hall–Kier alpha value is -3.07. The third-order valence-corrected chi connectivity index (χ3v) is 10.4. The Labute approximate surface area is 233 Å². The van der Waals surface area contributed by atoms with E-state index in [2.05, 4.69) is 26.7 Å². The van der Waals surface area contributed by atoms with Gasteiger partial charge >= 0.3 is 0 Å². The molecule has 3 aromatic rings. The van der Waals surface area contributed by atoms with Crippen molar-refractivity contribution in [3.05, 3.63) is 41.4 Å². The third-order valence-electron chi connectivity index (χ3n) is 10.4. The molecule has 9 rings (SSSR count). The van der Waals surface area contributed by atoms with E-state index in [1.165, 1.54) is 12.8 Å². The number of hydrogen-bond acceptors (Lipinski definition) is 8. The number of rotatable bonds is 8. The standard InChI is InChI=1S/C31H37N5O4/c37-26(21-3-2-16-38-18-21)32-24-5-1-4-22(28-35-34-27(39-28)20-8-9-20)23(24)17-30-10-13-31(14-11-30,15-12-30)29-33-25(36-40-29)19-6-7-19/h1,4-5,19-21H,2-3,6-18H2,(H,32,37). The van der Waals surface area contributed by atoms with Gasteiger partial charge in [-0.2, -0.15) is 4.98 Å². The zero-order chi connectivity index (χ0) is 26.7. The lowest BCUT2D eigenvalue weighted by atomic mass is 9.52. The van der Waals surface area contributed by atoms with Crippen molar-refractivity contribution in [3.63, 3.8) is 0 Å². The molecule has 9 heteroatoms. The molecule has 1 aromatic carbocycles. The van der Waals surface area contributed by atoms with Gasteiger partial charge in [0.2, 0.25) is 23.6 Å². The van der Waals surface area contributed by atoms with Gasteiger partial charge in [0.1, 0.15) is 0 Å². The normalized spacial score (nSPS) is 29.9. The third kappa shape index (κ3) is 4.46. The van der Waals surface area contributed by atoms with Crippen LogP contribution in [0.15, 0.2) is 27.1 Å². The van der Waals surface area contributed by atoms with Crippen LogP contribution in [0.1, 0.15) is 112 Å². The van der Waals surface area contributed by atoms with Gasteiger partial charge in [-0.05, 0) is 107 Å². The lowest BCUT2D eigenvalue weighted by Crippen LogP contribution is -2.45. The number of benzene rings is 1. The van der Waals surface area contributed by atoms with Crippen LogP contribution in [0.5, 0.6) is 0 Å². The van der Waals surface area contributed by atoms with Crippen molar-refractivity contribution < 1.29 is 18.5 Å². The van der Waals surface area contributed by atoms with Crippen LogP contribution >= 0.6 is 0 Å². The number of nitrogens with zero attached hydrogens (tertiary/aromatic N) is 4. The molecule has 1 saturated heterocycles. The number of hydrogen-bond donors (Lipinski definition) is 1. The molecule has 6 fully saturated rings. The molecule has 6 aliphatic rings. The number of nitrogens with one attached hydrogen (secondary N) is 1. The predicted octanol–water partition coefficient (Wildman–Crippen LogP) is 6.07. The molecule has 3 heterocycles. The number of carbonyl (C=O) groups excluding carboxylic acids is 1. The summed E-state index contributed by atoms with van der Waals surface area (Å²) in [5.74, 6) is 3.90. The molecule has 1 N–H and O–H groups in total. The zero-order valence-electron chi connectivity index (χ0n) is 23.0. The van der Waals surface area contributed by atoms with Gasteiger partial charge in [0, 0.05) is 35.1 Å². The van der Waals surface area contributed by atoms with Crippen LogP contribution in [0.25, 0.3) is 11.5 Å². The SMILES string of the molecule is O=C(Nc1cccc(-c2nnc(C3CC3)o2)c1CC12CCC(c3nc(C4CC4)no3)(CC1)CC2)C1CCCOC1. The Bertz CT molecular complexity index is 1390. The van der Waals surface area contributed by atoms with Crippen molar-refractivity contribution in [3.8, 4) is 11.5 Å². The minimum atomic E-state index is -0.117. The number of carbonyl (C=O) groups is 1. The summed E-state index contributed by atoms with van der Waals surface area (Å²) in [6.07, 6.45) is 13.7. The van der Waals surface area contributed by atoms with Gasteiger partial charge < -0.3 is 19.0 Å². The highest BCUT2D eigenvalue weighted by Crippen LogP contribution is 2.59. The van der Waals surface area contributed by atoms with E-state index in [-0.39, 0.29) is 22.7 Å². The molecule has 40 heavy (non-hydrogen) atoms. The van der Waals surface area contributed by atoms with E-state index in [0.717, 1.165) is 112 Å². The number of fused-ring (bicyclic) bond motifs is 3. The molecule has 1 atom stereocenters. The Morgan fingerprint density at radius 2 is 1.77 bits per heavy atom. The fraction of sp³-hybridized carbons (Fsp3) is 0.645. The van der Waals surface area contributed by atoms with Gasteiger partial charge in [0.25, 0.3) is 0 Å². The van der Waals surface area contributed by atoms with Crippen molar-refractivity contribution >= 4 is 11.6 Å². The topological polar surface area (TPSA) is 116 Å². The summed E-state index contributed by atoms with van der Waals surface area (Å²) in [4.78, 5) is 18.2. The van der Waals surface area contributed by atoms with Crippen LogP contribution in [-0.2, 0) is 21.4 Å². The van der Waals surface area contributed by atoms with Crippen LogP contribution in [-0.4, -0.2) is 39.5 Å². The number of ether oxygens (including phenoxy) is 1. The fourth-order valence-corrected chi connectivity index (χ4v) is 7.30. The second-order valence-corrected chi connectivity index (χ2v) is 13.1. The molecule has 5 saturated carbocycles. The summed E-state index contributed by atoms with van der Waals surface area (Å²) in [6.45, 7) is 1.22. The predicted molar refractivity (Wildman–Crippen MR) is 146 cm³/mol. The van der Waals surface area contributed by atoms with E-state index in [1.807, 2.05) is 12.1 Å². The van der Waals surface area contributed by atoms with Crippen molar-refractivity contribution in [2.75, 3.05) is 18.5 Å². The Kier molecular flexibility index (Phi) is 5.87. The Morgan fingerprint density at radius 3 is 2.50 bits per heavy atom. The van der Waals surface area contributed by atoms with E-state index >= 15 is 0 Å². The summed E-state index contributed by atoms with van der Waals surface area (Å²) in [5.41, 5.74) is 3.10. The molecule has 9 nitrogen and oxygen atoms in total. The maximum absolute atomic E-state index is 13.3. The van der Waals surface area contributed by atoms with Crippen molar-refractivity contribution in [2.45, 2.75) is 101 Å². The van der Waals surface area contributed by atoms with Crippen molar-refractivity contribution in [2.24, 2.45) is 11.3 Å². The maximum atomic E-state index is 13.3. The summed E-state index contributed by atoms with van der Waals surface area (Å²) in [6, 6.07) is 6.09. The van der Waals surface area contributed by atoms with E-state index < -0.39 is 0 Å². The molecule has 210 valence electrons. The average Bonchev–Trinajstić information content (AvgIpc) is 3.94. The van der Waals surface area contributed by atoms with E-state index in [0.29, 0.717) is 24.3 Å². The number of aromatic nitrogens is 4. The lowest BCUT2D eigenvalue weighted by Gasteiger charge is -2.52. The maximum Gasteiger partial charge on any atom is 0.248 e. The molecule has 1 unspecified atom stereocenters. The van der Waals surface area contributed by atoms with E-state index in [9.17, 15) is 4.79 Å². The van der Waals surface area contributed by atoms with Gasteiger partial charge in [0.15, 0.2) is 5.82 Å². The van der Waals surface area contributed by atoms with E-state index in [1.54, 1.807) is 0 Å². The van der Waals surface area contributed by atoms with Crippen LogP contribution in [0.4, 0.5) is 5.69 Å². The first-order valence-corrected chi connectivity index (χ1v) is 15.3. The fourth-order valence-electron chi connectivity index (χ4n) is 7.30. The van der Waals surface area contributed by atoms with Gasteiger partial charge in [-0.3, -0.25) is 4.79 Å². The van der Waals surface area contributed by atoms with Crippen molar-refractivity contribution in [1.82, 2.24) is 20.3 Å².